The maximum Gasteiger partial charge on any atom is 0.234 e. The van der Waals surface area contributed by atoms with Crippen molar-refractivity contribution in [1.29, 1.82) is 0 Å². The minimum Gasteiger partial charge on any atom is -0.368 e. The molecule has 81 valence electrons. The van der Waals surface area contributed by atoms with Crippen LogP contribution in [0.1, 0.15) is 33.6 Å². The number of nitrogens with zero attached hydrogens (tertiary/aromatic N) is 1. The van der Waals surface area contributed by atoms with Crippen molar-refractivity contribution in [2.45, 2.75) is 39.7 Å². The van der Waals surface area contributed by atoms with E-state index in [1.165, 1.54) is 0 Å². The first-order valence-electron chi connectivity index (χ1n) is 5.25. The lowest BCUT2D eigenvalue weighted by Crippen LogP contribution is -2.50. The van der Waals surface area contributed by atoms with Crippen molar-refractivity contribution in [1.82, 2.24) is 4.90 Å². The summed E-state index contributed by atoms with van der Waals surface area (Å²) < 4.78 is 0. The third-order valence-electron chi connectivity index (χ3n) is 2.46. The van der Waals surface area contributed by atoms with Gasteiger partial charge in [-0.2, -0.15) is 0 Å². The van der Waals surface area contributed by atoms with E-state index in [0.717, 1.165) is 25.9 Å². The molecule has 1 rings (SSSR count). The molecule has 0 aromatic rings. The van der Waals surface area contributed by atoms with E-state index < -0.39 is 0 Å². The molecule has 1 fully saturated rings. The number of hydrogen-bond donors (Lipinski definition) is 1. The van der Waals surface area contributed by atoms with Gasteiger partial charge in [0.1, 0.15) is 0 Å². The Labute approximate surface area is 86.6 Å². The predicted octanol–water partition coefficient (Wildman–Crippen LogP) is 1.19. The summed E-state index contributed by atoms with van der Waals surface area (Å²) in [5.74, 6) is -0.190. The van der Waals surface area contributed by atoms with Crippen molar-refractivity contribution in [3.63, 3.8) is 0 Å². The van der Waals surface area contributed by atoms with Gasteiger partial charge >= 0.3 is 0 Å². The summed E-state index contributed by atoms with van der Waals surface area (Å²) in [7, 11) is 0. The van der Waals surface area contributed by atoms with Gasteiger partial charge in [-0.3, -0.25) is 9.69 Å². The molecule has 0 spiro atoms. The highest BCUT2D eigenvalue weighted by molar-refractivity contribution is 5.80. The molecular formula is C11H21N2O. The molecule has 1 aliphatic rings. The smallest absolute Gasteiger partial charge is 0.234 e. The van der Waals surface area contributed by atoms with E-state index in [1.807, 2.05) is 0 Å². The lowest BCUT2D eigenvalue weighted by atomic mass is 9.92. The molecule has 0 bridgehead atoms. The molecule has 1 aliphatic heterocycles. The van der Waals surface area contributed by atoms with E-state index >= 15 is 0 Å². The van der Waals surface area contributed by atoms with E-state index in [1.54, 1.807) is 0 Å². The van der Waals surface area contributed by atoms with E-state index in [4.69, 9.17) is 5.73 Å². The first kappa shape index (κ1) is 11.5. The quantitative estimate of drug-likeness (QED) is 0.722. The van der Waals surface area contributed by atoms with Crippen LogP contribution < -0.4 is 5.73 Å². The van der Waals surface area contributed by atoms with Gasteiger partial charge in [0.2, 0.25) is 5.91 Å². The van der Waals surface area contributed by atoms with Crippen LogP contribution in [0.25, 0.3) is 0 Å². The lowest BCUT2D eigenvalue weighted by molar-refractivity contribution is -0.124. The molecule has 14 heavy (non-hydrogen) atoms. The Kier molecular flexibility index (Phi) is 3.53. The third-order valence-corrected chi connectivity index (χ3v) is 2.46. The van der Waals surface area contributed by atoms with Gasteiger partial charge in [0.15, 0.2) is 0 Å². The van der Waals surface area contributed by atoms with Crippen LogP contribution in [0.2, 0.25) is 0 Å². The minimum absolute atomic E-state index is 0.0806. The van der Waals surface area contributed by atoms with Gasteiger partial charge in [-0.1, -0.05) is 20.8 Å². The number of hydrogen-bond acceptors (Lipinski definition) is 2. The van der Waals surface area contributed by atoms with Gasteiger partial charge in [-0.25, -0.2) is 0 Å². The highest BCUT2D eigenvalue weighted by atomic mass is 16.1. The van der Waals surface area contributed by atoms with E-state index in [0.29, 0.717) is 0 Å². The summed E-state index contributed by atoms with van der Waals surface area (Å²) in [6.07, 6.45) is 4.04. The van der Waals surface area contributed by atoms with Gasteiger partial charge < -0.3 is 5.73 Å². The standard InChI is InChI=1S/C11H21N2O/c1-11(2,3)8-13-7-5-4-6-9(13)10(12)14/h4,9H,5-8H2,1-3H3,(H2,12,14). The first-order valence-corrected chi connectivity index (χ1v) is 5.25. The Morgan fingerprint density at radius 2 is 2.21 bits per heavy atom. The zero-order chi connectivity index (χ0) is 10.8. The summed E-state index contributed by atoms with van der Waals surface area (Å²) in [6, 6.07) is -0.0806. The Morgan fingerprint density at radius 3 is 2.71 bits per heavy atom. The lowest BCUT2D eigenvalue weighted by Gasteiger charge is -2.37. The van der Waals surface area contributed by atoms with Crippen molar-refractivity contribution in [3.8, 4) is 0 Å². The Bertz CT molecular complexity index is 208. The van der Waals surface area contributed by atoms with Crippen LogP contribution in [-0.4, -0.2) is 29.9 Å². The second-order valence-corrected chi connectivity index (χ2v) is 5.26. The first-order chi connectivity index (χ1) is 6.40. The Balaban J connectivity index is 2.59. The van der Waals surface area contributed by atoms with Crippen molar-refractivity contribution in [2.24, 2.45) is 11.1 Å². The van der Waals surface area contributed by atoms with Crippen molar-refractivity contribution < 1.29 is 4.79 Å². The fraction of sp³-hybridized carbons (Fsp3) is 0.818. The molecule has 1 heterocycles. The van der Waals surface area contributed by atoms with Gasteiger partial charge in [0.05, 0.1) is 6.04 Å². The number of nitrogens with two attached hydrogens (primary N) is 1. The number of amides is 1. The van der Waals surface area contributed by atoms with Crippen LogP contribution in [0.15, 0.2) is 0 Å². The van der Waals surface area contributed by atoms with E-state index in [9.17, 15) is 4.79 Å². The normalized spacial score (nSPS) is 24.9. The van der Waals surface area contributed by atoms with Crippen molar-refractivity contribution in [3.05, 3.63) is 6.42 Å². The predicted molar refractivity (Wildman–Crippen MR) is 57.5 cm³/mol. The monoisotopic (exact) mass is 197 g/mol. The van der Waals surface area contributed by atoms with Crippen LogP contribution in [0.3, 0.4) is 0 Å². The SMILES string of the molecule is CC(C)(C)CN1CC[CH]CC1C(N)=O. The number of carbonyl (C=O) groups excluding carboxylic acids is 1. The fourth-order valence-electron chi connectivity index (χ4n) is 1.93. The number of piperidine rings is 1. The molecule has 1 atom stereocenters. The number of likely N-dealkylation sites (tertiary alicyclic amines) is 1. The van der Waals surface area contributed by atoms with Crippen LogP contribution in [0, 0.1) is 11.8 Å². The van der Waals surface area contributed by atoms with Crippen molar-refractivity contribution >= 4 is 5.91 Å². The van der Waals surface area contributed by atoms with Gasteiger partial charge in [-0.05, 0) is 31.2 Å². The van der Waals surface area contributed by atoms with Crippen LogP contribution in [0.5, 0.6) is 0 Å². The maximum absolute atomic E-state index is 11.2. The summed E-state index contributed by atoms with van der Waals surface area (Å²) >= 11 is 0. The summed E-state index contributed by atoms with van der Waals surface area (Å²) in [6.45, 7) is 8.45. The van der Waals surface area contributed by atoms with Gasteiger partial charge in [0, 0.05) is 6.54 Å². The highest BCUT2D eigenvalue weighted by Gasteiger charge is 2.29. The molecule has 3 nitrogen and oxygen atoms in total. The molecule has 0 aliphatic carbocycles. The average molecular weight is 197 g/mol. The Hall–Kier alpha value is -0.570. The molecule has 1 radical (unpaired) electrons. The molecule has 3 heteroatoms. The van der Waals surface area contributed by atoms with Gasteiger partial charge in [0.25, 0.3) is 0 Å². The summed E-state index contributed by atoms with van der Waals surface area (Å²) in [5.41, 5.74) is 5.60. The molecule has 1 saturated heterocycles. The van der Waals surface area contributed by atoms with Crippen LogP contribution >= 0.6 is 0 Å². The molecular weight excluding hydrogens is 176 g/mol. The fourth-order valence-corrected chi connectivity index (χ4v) is 1.93. The maximum atomic E-state index is 11.2. The second kappa shape index (κ2) is 4.30. The van der Waals surface area contributed by atoms with Crippen LogP contribution in [0.4, 0.5) is 0 Å². The topological polar surface area (TPSA) is 46.3 Å². The number of primary amides is 1. The number of rotatable bonds is 2. The highest BCUT2D eigenvalue weighted by Crippen LogP contribution is 2.22. The zero-order valence-electron chi connectivity index (χ0n) is 9.42. The van der Waals surface area contributed by atoms with Gasteiger partial charge in [-0.15, -0.1) is 0 Å². The summed E-state index contributed by atoms with van der Waals surface area (Å²) in [5, 5.41) is 0. The molecule has 0 saturated carbocycles. The van der Waals surface area contributed by atoms with E-state index in [2.05, 4.69) is 32.1 Å². The molecule has 0 aromatic heterocycles. The molecule has 1 unspecified atom stereocenters. The molecule has 1 amide bonds. The third kappa shape index (κ3) is 3.29. The van der Waals surface area contributed by atoms with E-state index in [-0.39, 0.29) is 17.4 Å². The molecule has 0 aromatic carbocycles. The largest absolute Gasteiger partial charge is 0.368 e. The van der Waals surface area contributed by atoms with Crippen LogP contribution in [-0.2, 0) is 4.79 Å². The number of carbonyl (C=O) groups is 1. The Morgan fingerprint density at radius 1 is 1.57 bits per heavy atom. The summed E-state index contributed by atoms with van der Waals surface area (Å²) in [4.78, 5) is 13.4. The average Bonchev–Trinajstić information content (AvgIpc) is 2.01. The molecule has 2 N–H and O–H groups in total. The second-order valence-electron chi connectivity index (χ2n) is 5.26. The zero-order valence-corrected chi connectivity index (χ0v) is 9.42. The van der Waals surface area contributed by atoms with Crippen molar-refractivity contribution in [2.75, 3.05) is 13.1 Å². The minimum atomic E-state index is -0.190.